The first-order valence-electron chi connectivity index (χ1n) is 9.44. The highest BCUT2D eigenvalue weighted by Gasteiger charge is 2.48. The second kappa shape index (κ2) is 5.74. The zero-order chi connectivity index (χ0) is 19.6. The fourth-order valence-corrected chi connectivity index (χ4v) is 4.60. The van der Waals surface area contributed by atoms with Crippen molar-refractivity contribution in [3.8, 4) is 17.2 Å². The van der Waals surface area contributed by atoms with Gasteiger partial charge in [0.05, 0.1) is 18.5 Å². The number of nitrogens with zero attached hydrogens (tertiary/aromatic N) is 2. The third-order valence-electron chi connectivity index (χ3n) is 5.77. The van der Waals surface area contributed by atoms with E-state index in [0.29, 0.717) is 28.8 Å². The highest BCUT2D eigenvalue weighted by Crippen LogP contribution is 2.50. The zero-order valence-corrected chi connectivity index (χ0v) is 16.4. The van der Waals surface area contributed by atoms with Crippen molar-refractivity contribution in [2.45, 2.75) is 38.6 Å². The van der Waals surface area contributed by atoms with Gasteiger partial charge >= 0.3 is 0 Å². The number of rotatable bonds is 2. The van der Waals surface area contributed by atoms with Crippen LogP contribution in [0.4, 0.5) is 11.4 Å². The third kappa shape index (κ3) is 2.33. The van der Waals surface area contributed by atoms with E-state index in [1.807, 2.05) is 29.2 Å². The molecule has 144 valence electrons. The van der Waals surface area contributed by atoms with Gasteiger partial charge in [-0.15, -0.1) is 0 Å². The molecule has 3 aliphatic heterocycles. The zero-order valence-electron chi connectivity index (χ0n) is 16.4. The molecular weight excluding hydrogens is 356 g/mol. The van der Waals surface area contributed by atoms with Crippen LogP contribution in [0.3, 0.4) is 0 Å². The molecule has 0 saturated carbocycles. The molecule has 5 rings (SSSR count). The van der Waals surface area contributed by atoms with Crippen molar-refractivity contribution in [2.75, 3.05) is 18.8 Å². The minimum atomic E-state index is -0.279. The fourth-order valence-electron chi connectivity index (χ4n) is 4.60. The highest BCUT2D eigenvalue weighted by molar-refractivity contribution is 6.55. The van der Waals surface area contributed by atoms with Gasteiger partial charge < -0.3 is 19.1 Å². The lowest BCUT2D eigenvalue weighted by atomic mass is 9.80. The number of carbonyl (C=O) groups excluding carboxylic acids is 1. The predicted molar refractivity (Wildman–Crippen MR) is 106 cm³/mol. The molecule has 0 N–H and O–H groups in total. The molecule has 0 unspecified atom stereocenters. The Labute approximate surface area is 163 Å². The predicted octanol–water partition coefficient (Wildman–Crippen LogP) is 4.18. The fraction of sp³-hybridized carbons (Fsp3) is 0.364. The van der Waals surface area contributed by atoms with Crippen molar-refractivity contribution in [2.24, 2.45) is 4.99 Å². The summed E-state index contributed by atoms with van der Waals surface area (Å²) in [6.45, 7) is 6.63. The Morgan fingerprint density at radius 1 is 1.18 bits per heavy atom. The number of anilines is 1. The minimum Gasteiger partial charge on any atom is -0.497 e. The van der Waals surface area contributed by atoms with E-state index in [4.69, 9.17) is 19.2 Å². The quantitative estimate of drug-likeness (QED) is 0.787. The molecule has 3 heterocycles. The van der Waals surface area contributed by atoms with E-state index in [-0.39, 0.29) is 18.2 Å². The van der Waals surface area contributed by atoms with Gasteiger partial charge in [0.25, 0.3) is 5.91 Å². The number of aliphatic imine (C=N–C) groups is 1. The van der Waals surface area contributed by atoms with Gasteiger partial charge in [0.15, 0.2) is 11.5 Å². The number of fused-ring (bicyclic) bond motifs is 1. The molecule has 2 aromatic carbocycles. The highest BCUT2D eigenvalue weighted by atomic mass is 16.7. The van der Waals surface area contributed by atoms with E-state index < -0.39 is 0 Å². The Kier molecular flexibility index (Phi) is 3.50. The normalized spacial score (nSPS) is 22.6. The van der Waals surface area contributed by atoms with Gasteiger partial charge in [-0.2, -0.15) is 0 Å². The molecular formula is C22H22N2O4. The summed E-state index contributed by atoms with van der Waals surface area (Å²) in [5.74, 6) is 2.34. The second-order valence-corrected chi connectivity index (χ2v) is 8.17. The van der Waals surface area contributed by atoms with Crippen LogP contribution < -0.4 is 19.1 Å². The van der Waals surface area contributed by atoms with Crippen LogP contribution in [0.2, 0.25) is 0 Å². The summed E-state index contributed by atoms with van der Waals surface area (Å²) in [5.41, 5.74) is 3.76. The largest absolute Gasteiger partial charge is 0.497 e. The van der Waals surface area contributed by atoms with E-state index in [1.54, 1.807) is 13.2 Å². The van der Waals surface area contributed by atoms with Crippen molar-refractivity contribution in [1.29, 1.82) is 0 Å². The number of ether oxygens (including phenoxy) is 3. The first-order chi connectivity index (χ1) is 13.4. The van der Waals surface area contributed by atoms with E-state index in [0.717, 1.165) is 29.0 Å². The van der Waals surface area contributed by atoms with Crippen LogP contribution >= 0.6 is 0 Å². The monoisotopic (exact) mass is 378 g/mol. The van der Waals surface area contributed by atoms with Gasteiger partial charge in [0.1, 0.15) is 11.5 Å². The second-order valence-electron chi connectivity index (χ2n) is 8.17. The summed E-state index contributed by atoms with van der Waals surface area (Å²) < 4.78 is 16.3. The maximum atomic E-state index is 13.4. The SMILES string of the molecule is COc1cc2c3c(c1)[C@@H](C)CC(C)(C)N3C(=O)C2=Nc1ccc2c(c1)OCO2. The summed E-state index contributed by atoms with van der Waals surface area (Å²) in [7, 11) is 1.65. The Hall–Kier alpha value is -3.02. The van der Waals surface area contributed by atoms with Gasteiger partial charge in [-0.3, -0.25) is 4.79 Å². The first kappa shape index (κ1) is 17.1. The molecule has 0 saturated heterocycles. The van der Waals surface area contributed by atoms with Gasteiger partial charge in [-0.1, -0.05) is 6.92 Å². The van der Waals surface area contributed by atoms with Crippen LogP contribution in [0.15, 0.2) is 35.3 Å². The summed E-state index contributed by atoms with van der Waals surface area (Å²) in [5, 5.41) is 0. The molecule has 0 bridgehead atoms. The number of hydrogen-bond donors (Lipinski definition) is 0. The number of carbonyl (C=O) groups is 1. The lowest BCUT2D eigenvalue weighted by Crippen LogP contribution is -2.50. The number of methoxy groups -OCH3 is 1. The summed E-state index contributed by atoms with van der Waals surface area (Å²) in [6.07, 6.45) is 0.885. The molecule has 1 atom stereocenters. The molecule has 0 aliphatic carbocycles. The molecule has 0 aromatic heterocycles. The average Bonchev–Trinajstić information content (AvgIpc) is 3.22. The first-order valence-corrected chi connectivity index (χ1v) is 9.44. The lowest BCUT2D eigenvalue weighted by molar-refractivity contribution is -0.113. The Bertz CT molecular complexity index is 1040. The molecule has 2 aromatic rings. The van der Waals surface area contributed by atoms with Crippen LogP contribution in [-0.4, -0.2) is 31.1 Å². The van der Waals surface area contributed by atoms with Crippen LogP contribution in [0.5, 0.6) is 17.2 Å². The lowest BCUT2D eigenvalue weighted by Gasteiger charge is -2.43. The van der Waals surface area contributed by atoms with Gasteiger partial charge in [-0.05, 0) is 56.0 Å². The molecule has 6 heteroatoms. The van der Waals surface area contributed by atoms with E-state index in [1.165, 1.54) is 0 Å². The van der Waals surface area contributed by atoms with Gasteiger partial charge in [0.2, 0.25) is 6.79 Å². The van der Waals surface area contributed by atoms with Crippen molar-refractivity contribution in [1.82, 2.24) is 0 Å². The molecule has 0 fully saturated rings. The Morgan fingerprint density at radius 3 is 2.75 bits per heavy atom. The summed E-state index contributed by atoms with van der Waals surface area (Å²) in [6, 6.07) is 9.42. The minimum absolute atomic E-state index is 0.0703. The summed E-state index contributed by atoms with van der Waals surface area (Å²) in [4.78, 5) is 20.1. The van der Waals surface area contributed by atoms with Crippen LogP contribution in [0.25, 0.3) is 0 Å². The van der Waals surface area contributed by atoms with Crippen LogP contribution in [0, 0.1) is 0 Å². The Morgan fingerprint density at radius 2 is 1.96 bits per heavy atom. The molecule has 0 radical (unpaired) electrons. The van der Waals surface area contributed by atoms with E-state index in [9.17, 15) is 4.79 Å². The number of benzene rings is 2. The smallest absolute Gasteiger partial charge is 0.278 e. The number of hydrogen-bond acceptors (Lipinski definition) is 5. The standard InChI is InChI=1S/C22H22N2O4/c1-12-10-22(2,3)24-20-15(12)8-14(26-4)9-16(20)19(21(24)25)23-13-5-6-17-18(7-13)28-11-27-17/h5-9,12H,10-11H2,1-4H3/t12-/m0/s1. The van der Waals surface area contributed by atoms with Crippen LogP contribution in [-0.2, 0) is 4.79 Å². The molecule has 28 heavy (non-hydrogen) atoms. The summed E-state index contributed by atoms with van der Waals surface area (Å²) >= 11 is 0. The molecule has 1 amide bonds. The topological polar surface area (TPSA) is 60.4 Å². The molecule has 3 aliphatic rings. The third-order valence-corrected chi connectivity index (χ3v) is 5.77. The van der Waals surface area contributed by atoms with Gasteiger partial charge in [-0.25, -0.2) is 4.99 Å². The van der Waals surface area contributed by atoms with E-state index >= 15 is 0 Å². The van der Waals surface area contributed by atoms with E-state index in [2.05, 4.69) is 20.8 Å². The van der Waals surface area contributed by atoms with Gasteiger partial charge in [0, 0.05) is 17.2 Å². The molecule has 0 spiro atoms. The van der Waals surface area contributed by atoms with Crippen molar-refractivity contribution in [3.63, 3.8) is 0 Å². The van der Waals surface area contributed by atoms with Crippen molar-refractivity contribution >= 4 is 23.0 Å². The average molecular weight is 378 g/mol. The van der Waals surface area contributed by atoms with Crippen molar-refractivity contribution in [3.05, 3.63) is 41.5 Å². The maximum Gasteiger partial charge on any atom is 0.278 e. The maximum absolute atomic E-state index is 13.4. The van der Waals surface area contributed by atoms with Crippen molar-refractivity contribution < 1.29 is 19.0 Å². The number of amides is 1. The van der Waals surface area contributed by atoms with Crippen LogP contribution in [0.1, 0.15) is 44.2 Å². The Balaban J connectivity index is 1.71. The molecule has 6 nitrogen and oxygen atoms in total.